The predicted octanol–water partition coefficient (Wildman–Crippen LogP) is -0.212. The number of nitrogens with two attached hydrogens (primary N) is 1. The van der Waals surface area contributed by atoms with Crippen LogP contribution >= 0.6 is 0 Å². The van der Waals surface area contributed by atoms with Gasteiger partial charge in [0, 0.05) is 50.3 Å². The molecule has 0 aromatic heterocycles. The second-order valence-electron chi connectivity index (χ2n) is 6.59. The van der Waals surface area contributed by atoms with Crippen molar-refractivity contribution in [1.29, 1.82) is 0 Å². The van der Waals surface area contributed by atoms with Gasteiger partial charge in [0.1, 0.15) is 5.69 Å². The summed E-state index contributed by atoms with van der Waals surface area (Å²) in [6.45, 7) is 1.03. The molecule has 156 valence electrons. The molecule has 1 aromatic carbocycles. The average molecular weight is 399 g/mol. The van der Waals surface area contributed by atoms with Crippen molar-refractivity contribution in [3.8, 4) is 0 Å². The summed E-state index contributed by atoms with van der Waals surface area (Å²) in [5, 5.41) is 23.8. The van der Waals surface area contributed by atoms with Crippen LogP contribution in [-0.2, 0) is 4.79 Å². The first-order valence-electron chi connectivity index (χ1n) is 9.02. The number of halogens is 2. The fourth-order valence-electron chi connectivity index (χ4n) is 2.96. The van der Waals surface area contributed by atoms with Crippen molar-refractivity contribution in [2.24, 2.45) is 5.73 Å². The minimum atomic E-state index is -1.10. The van der Waals surface area contributed by atoms with Gasteiger partial charge in [0.2, 0.25) is 5.91 Å². The van der Waals surface area contributed by atoms with E-state index in [0.29, 0.717) is 12.2 Å². The number of likely N-dealkylation sites (N-methyl/N-ethyl adjacent to an activating group) is 1. The smallest absolute Gasteiger partial charge is 0.225 e. The number of hydrogen-bond donors (Lipinski definition) is 5. The zero-order valence-corrected chi connectivity index (χ0v) is 15.8. The number of aliphatic hydroxyl groups excluding tert-OH is 2. The Morgan fingerprint density at radius 2 is 1.89 bits per heavy atom. The molecule has 1 atom stereocenters. The van der Waals surface area contributed by atoms with E-state index in [1.54, 1.807) is 11.9 Å². The zero-order valence-electron chi connectivity index (χ0n) is 15.8. The van der Waals surface area contributed by atoms with E-state index in [0.717, 1.165) is 0 Å². The molecule has 1 aliphatic heterocycles. The molecule has 1 aromatic rings. The Labute approximate surface area is 162 Å². The fraction of sp³-hybridized carbons (Fsp3) is 0.500. The molecule has 1 fully saturated rings. The standard InChI is InChI=1S/C18H27F2N5O3/c1-22-9-12(21)10-23-13-6-15(19)18(16(20)7-13)25-4-2-24(3-5-25)17(28)8-14(27)11-26/h6-7,10,14,22-23,26-27H,2-5,8-9,11,21H2,1H3/b12-10-. The molecule has 0 spiro atoms. The Morgan fingerprint density at radius 3 is 2.43 bits per heavy atom. The SMILES string of the molecule is CNC/C(N)=C/Nc1cc(F)c(N2CCN(C(=O)CC(O)CO)CC2)c(F)c1. The van der Waals surface area contributed by atoms with Crippen LogP contribution in [0.25, 0.3) is 0 Å². The highest BCUT2D eigenvalue weighted by molar-refractivity contribution is 5.77. The van der Waals surface area contributed by atoms with Crippen LogP contribution in [0, 0.1) is 11.6 Å². The molecule has 6 N–H and O–H groups in total. The van der Waals surface area contributed by atoms with Crippen LogP contribution < -0.4 is 21.3 Å². The number of aliphatic hydroxyl groups is 2. The number of anilines is 2. The van der Waals surface area contributed by atoms with E-state index in [-0.39, 0.29) is 49.9 Å². The minimum Gasteiger partial charge on any atom is -0.400 e. The lowest BCUT2D eigenvalue weighted by Gasteiger charge is -2.36. The van der Waals surface area contributed by atoms with Crippen LogP contribution in [0.5, 0.6) is 0 Å². The number of nitrogens with one attached hydrogen (secondary N) is 2. The number of hydrogen-bond acceptors (Lipinski definition) is 7. The Kier molecular flexibility index (Phi) is 7.97. The van der Waals surface area contributed by atoms with Crippen molar-refractivity contribution in [2.45, 2.75) is 12.5 Å². The highest BCUT2D eigenvalue weighted by atomic mass is 19.1. The quantitative estimate of drug-likeness (QED) is 0.411. The van der Waals surface area contributed by atoms with Crippen molar-refractivity contribution in [3.63, 3.8) is 0 Å². The van der Waals surface area contributed by atoms with Gasteiger partial charge >= 0.3 is 0 Å². The summed E-state index contributed by atoms with van der Waals surface area (Å²) >= 11 is 0. The zero-order chi connectivity index (χ0) is 20.7. The second kappa shape index (κ2) is 10.2. The highest BCUT2D eigenvalue weighted by Gasteiger charge is 2.26. The molecule has 0 aliphatic carbocycles. The lowest BCUT2D eigenvalue weighted by Crippen LogP contribution is -2.50. The predicted molar refractivity (Wildman–Crippen MR) is 103 cm³/mol. The molecule has 2 rings (SSSR count). The van der Waals surface area contributed by atoms with E-state index < -0.39 is 24.3 Å². The molecular formula is C18H27F2N5O3. The van der Waals surface area contributed by atoms with Gasteiger partial charge in [0.25, 0.3) is 0 Å². The number of carbonyl (C=O) groups excluding carboxylic acids is 1. The average Bonchev–Trinajstić information content (AvgIpc) is 2.66. The molecule has 0 bridgehead atoms. The molecule has 1 amide bonds. The third kappa shape index (κ3) is 5.78. The van der Waals surface area contributed by atoms with E-state index in [9.17, 15) is 18.7 Å². The lowest BCUT2D eigenvalue weighted by atomic mass is 10.2. The van der Waals surface area contributed by atoms with Crippen molar-refractivity contribution in [1.82, 2.24) is 10.2 Å². The van der Waals surface area contributed by atoms with Crippen LogP contribution in [0.1, 0.15) is 6.42 Å². The van der Waals surface area contributed by atoms with E-state index in [2.05, 4.69) is 10.6 Å². The molecule has 1 heterocycles. The van der Waals surface area contributed by atoms with E-state index >= 15 is 0 Å². The van der Waals surface area contributed by atoms with Crippen LogP contribution in [0.4, 0.5) is 20.2 Å². The summed E-state index contributed by atoms with van der Waals surface area (Å²) in [5.41, 5.74) is 6.30. The van der Waals surface area contributed by atoms with Gasteiger partial charge in [-0.2, -0.15) is 0 Å². The maximum absolute atomic E-state index is 14.5. The topological polar surface area (TPSA) is 114 Å². The van der Waals surface area contributed by atoms with Crippen molar-refractivity contribution >= 4 is 17.3 Å². The third-order valence-corrected chi connectivity index (χ3v) is 4.39. The molecule has 1 saturated heterocycles. The third-order valence-electron chi connectivity index (χ3n) is 4.39. The van der Waals surface area contributed by atoms with Crippen molar-refractivity contribution < 1.29 is 23.8 Å². The monoisotopic (exact) mass is 399 g/mol. The van der Waals surface area contributed by atoms with Crippen molar-refractivity contribution in [3.05, 3.63) is 35.7 Å². The number of piperazine rings is 1. The number of nitrogens with zero attached hydrogens (tertiary/aromatic N) is 2. The largest absolute Gasteiger partial charge is 0.400 e. The normalized spacial score (nSPS) is 16.2. The van der Waals surface area contributed by atoms with Gasteiger partial charge in [-0.05, 0) is 19.2 Å². The first kappa shape index (κ1) is 21.9. The van der Waals surface area contributed by atoms with Gasteiger partial charge in [-0.3, -0.25) is 4.79 Å². The molecule has 10 heteroatoms. The minimum absolute atomic E-state index is 0.139. The first-order chi connectivity index (χ1) is 13.3. The van der Waals surface area contributed by atoms with E-state index in [4.69, 9.17) is 10.8 Å². The summed E-state index contributed by atoms with van der Waals surface area (Å²) in [4.78, 5) is 15.1. The molecule has 0 saturated carbocycles. The van der Waals surface area contributed by atoms with E-state index in [1.165, 1.54) is 23.2 Å². The maximum atomic E-state index is 14.5. The lowest BCUT2D eigenvalue weighted by molar-refractivity contribution is -0.134. The Bertz CT molecular complexity index is 685. The van der Waals surface area contributed by atoms with Gasteiger partial charge in [-0.25, -0.2) is 8.78 Å². The van der Waals surface area contributed by atoms with Gasteiger partial charge in [0.15, 0.2) is 11.6 Å². The molecule has 0 radical (unpaired) electrons. The molecule has 8 nitrogen and oxygen atoms in total. The summed E-state index contributed by atoms with van der Waals surface area (Å²) in [5.74, 6) is -1.72. The number of carbonyl (C=O) groups is 1. The van der Waals surface area contributed by atoms with Crippen LogP contribution in [0.3, 0.4) is 0 Å². The van der Waals surface area contributed by atoms with Crippen LogP contribution in [0.15, 0.2) is 24.0 Å². The molecular weight excluding hydrogens is 372 g/mol. The number of amides is 1. The summed E-state index contributed by atoms with van der Waals surface area (Å²) < 4.78 is 29.0. The second-order valence-corrected chi connectivity index (χ2v) is 6.59. The summed E-state index contributed by atoms with van der Waals surface area (Å²) in [6.07, 6.45) is 0.191. The van der Waals surface area contributed by atoms with E-state index in [1.807, 2.05) is 0 Å². The fourth-order valence-corrected chi connectivity index (χ4v) is 2.96. The highest BCUT2D eigenvalue weighted by Crippen LogP contribution is 2.28. The molecule has 28 heavy (non-hydrogen) atoms. The molecule has 1 aliphatic rings. The molecule has 1 unspecified atom stereocenters. The van der Waals surface area contributed by atoms with Crippen molar-refractivity contribution in [2.75, 3.05) is 56.6 Å². The maximum Gasteiger partial charge on any atom is 0.225 e. The number of benzene rings is 1. The van der Waals surface area contributed by atoms with Gasteiger partial charge in [0.05, 0.1) is 19.1 Å². The first-order valence-corrected chi connectivity index (χ1v) is 9.02. The van der Waals surface area contributed by atoms with Gasteiger partial charge < -0.3 is 36.4 Å². The Balaban J connectivity index is 2.01. The van der Waals surface area contributed by atoms with Crippen LogP contribution in [-0.4, -0.2) is 73.5 Å². The summed E-state index contributed by atoms with van der Waals surface area (Å²) in [7, 11) is 1.73. The van der Waals surface area contributed by atoms with Gasteiger partial charge in [-0.15, -0.1) is 0 Å². The number of rotatable bonds is 8. The Hall–Kier alpha value is -2.43. The van der Waals surface area contributed by atoms with Gasteiger partial charge in [-0.1, -0.05) is 0 Å². The summed E-state index contributed by atoms with van der Waals surface area (Å²) in [6, 6.07) is 2.38. The Morgan fingerprint density at radius 1 is 1.29 bits per heavy atom. The van der Waals surface area contributed by atoms with Crippen LogP contribution in [0.2, 0.25) is 0 Å².